The minimum atomic E-state index is 0.0954. The van der Waals surface area contributed by atoms with Crippen molar-refractivity contribution >= 4 is 11.3 Å². The number of aromatic nitrogens is 3. The van der Waals surface area contributed by atoms with E-state index in [2.05, 4.69) is 11.9 Å². The summed E-state index contributed by atoms with van der Waals surface area (Å²) in [5.41, 5.74) is 1.16. The van der Waals surface area contributed by atoms with Crippen LogP contribution in [0, 0.1) is 13.8 Å². The van der Waals surface area contributed by atoms with Crippen LogP contribution >= 0.6 is 11.3 Å². The van der Waals surface area contributed by atoms with Crippen LogP contribution in [0.15, 0.2) is 17.2 Å². The maximum Gasteiger partial charge on any atom is 0.328 e. The molecule has 2 aromatic heterocycles. The standard InChI is InChI=1S/C12H15N3OS/c1-8-9(2)17-11(13-8)7-14-5-6-15(12(14)16)10-3-4-10/h5-6,10H,3-4,7H2,1-2H3. The summed E-state index contributed by atoms with van der Waals surface area (Å²) in [6, 6.07) is 0.448. The van der Waals surface area contributed by atoms with Gasteiger partial charge < -0.3 is 0 Å². The molecule has 0 aromatic carbocycles. The number of imidazole rings is 1. The fraction of sp³-hybridized carbons (Fsp3) is 0.500. The third kappa shape index (κ3) is 1.95. The highest BCUT2D eigenvalue weighted by Gasteiger charge is 2.25. The molecule has 1 aliphatic rings. The van der Waals surface area contributed by atoms with E-state index >= 15 is 0 Å². The second-order valence-corrected chi connectivity index (χ2v) is 5.88. The first-order valence-electron chi connectivity index (χ1n) is 5.85. The number of aryl methyl sites for hydroxylation is 2. The Morgan fingerprint density at radius 1 is 1.41 bits per heavy atom. The Balaban J connectivity index is 1.87. The van der Waals surface area contributed by atoms with E-state index in [1.165, 1.54) is 4.88 Å². The fourth-order valence-corrected chi connectivity index (χ4v) is 2.86. The lowest BCUT2D eigenvalue weighted by atomic mass is 10.4. The predicted octanol–water partition coefficient (Wildman–Crippen LogP) is 2.11. The van der Waals surface area contributed by atoms with Gasteiger partial charge in [-0.25, -0.2) is 9.78 Å². The van der Waals surface area contributed by atoms with Crippen LogP contribution in [-0.4, -0.2) is 14.1 Å². The molecule has 2 aromatic rings. The van der Waals surface area contributed by atoms with Gasteiger partial charge in [0, 0.05) is 23.3 Å². The van der Waals surface area contributed by atoms with E-state index in [-0.39, 0.29) is 5.69 Å². The van der Waals surface area contributed by atoms with Crippen LogP contribution < -0.4 is 5.69 Å². The van der Waals surface area contributed by atoms with Crippen LogP contribution in [0.4, 0.5) is 0 Å². The van der Waals surface area contributed by atoms with Crippen LogP contribution in [0.1, 0.15) is 34.5 Å². The Bertz CT molecular complexity index is 584. The van der Waals surface area contributed by atoms with Crippen molar-refractivity contribution in [1.29, 1.82) is 0 Å². The first kappa shape index (κ1) is 10.8. The normalized spacial score (nSPS) is 15.4. The zero-order chi connectivity index (χ0) is 12.0. The highest BCUT2D eigenvalue weighted by molar-refractivity contribution is 7.11. The zero-order valence-corrected chi connectivity index (χ0v) is 10.8. The Morgan fingerprint density at radius 3 is 2.76 bits per heavy atom. The van der Waals surface area contributed by atoms with Crippen molar-refractivity contribution in [1.82, 2.24) is 14.1 Å². The average molecular weight is 249 g/mol. The minimum absolute atomic E-state index is 0.0954. The smallest absolute Gasteiger partial charge is 0.296 e. The van der Waals surface area contributed by atoms with Crippen molar-refractivity contribution in [2.45, 2.75) is 39.3 Å². The molecule has 0 spiro atoms. The first-order valence-corrected chi connectivity index (χ1v) is 6.67. The molecule has 0 bridgehead atoms. The summed E-state index contributed by atoms with van der Waals surface area (Å²) in [4.78, 5) is 17.7. The summed E-state index contributed by atoms with van der Waals surface area (Å²) in [5.74, 6) is 0. The van der Waals surface area contributed by atoms with Crippen molar-refractivity contribution < 1.29 is 0 Å². The number of thiazole rings is 1. The molecule has 0 unspecified atom stereocenters. The van der Waals surface area contributed by atoms with E-state index < -0.39 is 0 Å². The second kappa shape index (κ2) is 3.84. The van der Waals surface area contributed by atoms with Gasteiger partial charge in [-0.15, -0.1) is 11.3 Å². The van der Waals surface area contributed by atoms with Gasteiger partial charge in [0.2, 0.25) is 0 Å². The van der Waals surface area contributed by atoms with E-state index in [9.17, 15) is 4.79 Å². The van der Waals surface area contributed by atoms with Crippen LogP contribution in [0.25, 0.3) is 0 Å². The highest BCUT2D eigenvalue weighted by Crippen LogP contribution is 2.33. The average Bonchev–Trinajstić information content (AvgIpc) is 2.99. The lowest BCUT2D eigenvalue weighted by Gasteiger charge is -1.98. The summed E-state index contributed by atoms with van der Waals surface area (Å²) in [5, 5.41) is 1.01. The fourth-order valence-electron chi connectivity index (χ4n) is 1.93. The second-order valence-electron chi connectivity index (χ2n) is 4.60. The van der Waals surface area contributed by atoms with Gasteiger partial charge in [0.05, 0.1) is 12.2 Å². The van der Waals surface area contributed by atoms with Crippen molar-refractivity contribution in [2.24, 2.45) is 0 Å². The molecule has 1 aliphatic carbocycles. The van der Waals surface area contributed by atoms with Crippen LogP contribution in [0.2, 0.25) is 0 Å². The molecule has 0 amide bonds. The SMILES string of the molecule is Cc1nc(Cn2ccn(C3CC3)c2=O)sc1C. The van der Waals surface area contributed by atoms with Crippen LogP contribution in [0.3, 0.4) is 0 Å². The Kier molecular flexibility index (Phi) is 2.43. The molecule has 17 heavy (non-hydrogen) atoms. The summed E-state index contributed by atoms with van der Waals surface area (Å²) >= 11 is 1.67. The first-order chi connectivity index (χ1) is 8.15. The predicted molar refractivity (Wildman–Crippen MR) is 67.7 cm³/mol. The van der Waals surface area contributed by atoms with Gasteiger partial charge in [0.1, 0.15) is 5.01 Å². The molecule has 0 saturated heterocycles. The molecule has 2 heterocycles. The molecule has 0 atom stereocenters. The summed E-state index contributed by atoms with van der Waals surface area (Å²) in [6.45, 7) is 4.67. The molecule has 3 rings (SSSR count). The molecule has 0 N–H and O–H groups in total. The van der Waals surface area contributed by atoms with Gasteiger partial charge in [0.25, 0.3) is 0 Å². The van der Waals surface area contributed by atoms with Crippen molar-refractivity contribution in [3.05, 3.63) is 38.5 Å². The molecule has 5 heteroatoms. The number of rotatable bonds is 3. The van der Waals surface area contributed by atoms with Gasteiger partial charge >= 0.3 is 5.69 Å². The third-order valence-electron chi connectivity index (χ3n) is 3.19. The van der Waals surface area contributed by atoms with Gasteiger partial charge in [-0.05, 0) is 26.7 Å². The Hall–Kier alpha value is -1.36. The molecule has 90 valence electrons. The molecular weight excluding hydrogens is 234 g/mol. The van der Waals surface area contributed by atoms with Crippen molar-refractivity contribution in [2.75, 3.05) is 0 Å². The highest BCUT2D eigenvalue weighted by atomic mass is 32.1. The maximum absolute atomic E-state index is 12.0. The Morgan fingerprint density at radius 2 is 2.18 bits per heavy atom. The summed E-state index contributed by atoms with van der Waals surface area (Å²) < 4.78 is 3.59. The largest absolute Gasteiger partial charge is 0.328 e. The van der Waals surface area contributed by atoms with E-state index in [0.29, 0.717) is 12.6 Å². The third-order valence-corrected chi connectivity index (χ3v) is 4.25. The van der Waals surface area contributed by atoms with Gasteiger partial charge in [-0.2, -0.15) is 0 Å². The molecule has 1 fully saturated rings. The van der Waals surface area contributed by atoms with E-state index in [4.69, 9.17) is 0 Å². The molecule has 1 saturated carbocycles. The molecule has 4 nitrogen and oxygen atoms in total. The summed E-state index contributed by atoms with van der Waals surface area (Å²) in [7, 11) is 0. The topological polar surface area (TPSA) is 39.8 Å². The van der Waals surface area contributed by atoms with E-state index in [1.807, 2.05) is 23.9 Å². The van der Waals surface area contributed by atoms with Crippen LogP contribution in [-0.2, 0) is 6.54 Å². The molecule has 0 radical (unpaired) electrons. The molecule has 0 aliphatic heterocycles. The maximum atomic E-state index is 12.0. The number of hydrogen-bond donors (Lipinski definition) is 0. The van der Waals surface area contributed by atoms with Gasteiger partial charge in [0.15, 0.2) is 0 Å². The molecular formula is C12H15N3OS. The number of nitrogens with zero attached hydrogens (tertiary/aromatic N) is 3. The zero-order valence-electron chi connectivity index (χ0n) is 10.0. The summed E-state index contributed by atoms with van der Waals surface area (Å²) in [6.07, 6.45) is 6.04. The van der Waals surface area contributed by atoms with Crippen LogP contribution in [0.5, 0.6) is 0 Å². The lowest BCUT2D eigenvalue weighted by Crippen LogP contribution is -2.23. The van der Waals surface area contributed by atoms with Gasteiger partial charge in [-0.3, -0.25) is 9.13 Å². The quantitative estimate of drug-likeness (QED) is 0.835. The van der Waals surface area contributed by atoms with E-state index in [1.54, 1.807) is 15.9 Å². The van der Waals surface area contributed by atoms with Crippen molar-refractivity contribution in [3.63, 3.8) is 0 Å². The lowest BCUT2D eigenvalue weighted by molar-refractivity contribution is 0.654. The minimum Gasteiger partial charge on any atom is -0.296 e. The van der Waals surface area contributed by atoms with Crippen molar-refractivity contribution in [3.8, 4) is 0 Å². The van der Waals surface area contributed by atoms with E-state index in [0.717, 1.165) is 23.5 Å². The monoisotopic (exact) mass is 249 g/mol. The number of hydrogen-bond acceptors (Lipinski definition) is 3. The van der Waals surface area contributed by atoms with Gasteiger partial charge in [-0.1, -0.05) is 0 Å². The Labute approximate surface area is 104 Å².